The molecule has 0 saturated carbocycles. The van der Waals surface area contributed by atoms with E-state index in [0.717, 1.165) is 6.07 Å². The highest BCUT2D eigenvalue weighted by atomic mass is 35.5. The standard InChI is InChI=1S/C21H13ClF3N3O2/c22-15-6-2-5-14(11-15)20-17-8-3-9-18(21(23,24)25)19(17)26-27(20)12-13-4-1-7-16(10-13)28(29)30/h1-11H,12H2. The van der Waals surface area contributed by atoms with Crippen molar-refractivity contribution in [1.29, 1.82) is 0 Å². The summed E-state index contributed by atoms with van der Waals surface area (Å²) < 4.78 is 42.1. The smallest absolute Gasteiger partial charge is 0.259 e. The molecule has 5 nitrogen and oxygen atoms in total. The quantitative estimate of drug-likeness (QED) is 0.280. The minimum atomic E-state index is -4.57. The number of aromatic nitrogens is 2. The summed E-state index contributed by atoms with van der Waals surface area (Å²) >= 11 is 6.10. The van der Waals surface area contributed by atoms with Crippen molar-refractivity contribution in [2.45, 2.75) is 12.7 Å². The van der Waals surface area contributed by atoms with E-state index >= 15 is 0 Å². The van der Waals surface area contributed by atoms with Gasteiger partial charge in [-0.15, -0.1) is 0 Å². The molecule has 0 aliphatic rings. The van der Waals surface area contributed by atoms with Crippen LogP contribution in [0.5, 0.6) is 0 Å². The summed E-state index contributed by atoms with van der Waals surface area (Å²) in [5, 5.41) is 16.1. The highest BCUT2D eigenvalue weighted by Crippen LogP contribution is 2.38. The molecule has 152 valence electrons. The summed E-state index contributed by atoms with van der Waals surface area (Å²) in [6.07, 6.45) is -4.57. The zero-order chi connectivity index (χ0) is 21.5. The van der Waals surface area contributed by atoms with Crippen LogP contribution in [0.15, 0.2) is 66.7 Å². The third-order valence-corrected chi connectivity index (χ3v) is 4.86. The molecule has 0 spiro atoms. The maximum atomic E-state index is 13.5. The lowest BCUT2D eigenvalue weighted by atomic mass is 10.0. The fourth-order valence-electron chi connectivity index (χ4n) is 3.38. The number of halogens is 4. The second-order valence-electron chi connectivity index (χ2n) is 6.64. The molecule has 1 aromatic heterocycles. The Balaban J connectivity index is 1.95. The van der Waals surface area contributed by atoms with E-state index in [1.54, 1.807) is 36.4 Å². The Morgan fingerprint density at radius 1 is 1.03 bits per heavy atom. The third kappa shape index (κ3) is 3.73. The first-order valence-electron chi connectivity index (χ1n) is 8.80. The predicted octanol–water partition coefficient (Wildman–Crippen LogP) is 6.33. The Labute approximate surface area is 173 Å². The molecule has 0 N–H and O–H groups in total. The second kappa shape index (κ2) is 7.46. The zero-order valence-corrected chi connectivity index (χ0v) is 16.0. The first kappa shape index (κ1) is 19.9. The average Bonchev–Trinajstić information content (AvgIpc) is 3.05. The number of hydrogen-bond donors (Lipinski definition) is 0. The summed E-state index contributed by atoms with van der Waals surface area (Å²) in [6.45, 7) is 0.0511. The van der Waals surface area contributed by atoms with Gasteiger partial charge in [0.05, 0.1) is 22.7 Å². The van der Waals surface area contributed by atoms with Gasteiger partial charge in [-0.05, 0) is 23.8 Å². The van der Waals surface area contributed by atoms with Gasteiger partial charge >= 0.3 is 6.18 Å². The summed E-state index contributed by atoms with van der Waals surface area (Å²) in [7, 11) is 0. The number of non-ortho nitro benzene ring substituents is 1. The molecule has 30 heavy (non-hydrogen) atoms. The van der Waals surface area contributed by atoms with Crippen LogP contribution in [-0.2, 0) is 12.7 Å². The number of hydrogen-bond acceptors (Lipinski definition) is 3. The fraction of sp³-hybridized carbons (Fsp3) is 0.0952. The molecule has 0 atom stereocenters. The van der Waals surface area contributed by atoms with E-state index in [9.17, 15) is 23.3 Å². The van der Waals surface area contributed by atoms with Gasteiger partial charge in [0.1, 0.15) is 5.52 Å². The van der Waals surface area contributed by atoms with E-state index in [1.807, 2.05) is 0 Å². The van der Waals surface area contributed by atoms with Crippen LogP contribution in [0, 0.1) is 10.1 Å². The van der Waals surface area contributed by atoms with Crippen LogP contribution in [0.1, 0.15) is 11.1 Å². The molecule has 0 amide bonds. The molecule has 4 rings (SSSR count). The normalized spacial score (nSPS) is 11.7. The van der Waals surface area contributed by atoms with Crippen LogP contribution in [0.25, 0.3) is 22.2 Å². The van der Waals surface area contributed by atoms with Crippen molar-refractivity contribution >= 4 is 28.2 Å². The minimum Gasteiger partial charge on any atom is -0.259 e. The van der Waals surface area contributed by atoms with Crippen molar-refractivity contribution in [3.8, 4) is 11.3 Å². The molecule has 0 aliphatic heterocycles. The van der Waals surface area contributed by atoms with E-state index < -0.39 is 16.7 Å². The van der Waals surface area contributed by atoms with Gasteiger partial charge < -0.3 is 0 Å². The molecule has 0 saturated heterocycles. The SMILES string of the molecule is O=[N+]([O-])c1cccc(Cn2nc3c(C(F)(F)F)cccc3c2-c2cccc(Cl)c2)c1. The molecule has 4 aromatic rings. The largest absolute Gasteiger partial charge is 0.418 e. The number of rotatable bonds is 4. The third-order valence-electron chi connectivity index (χ3n) is 4.63. The predicted molar refractivity (Wildman–Crippen MR) is 107 cm³/mol. The summed E-state index contributed by atoms with van der Waals surface area (Å²) in [6, 6.07) is 16.5. The first-order valence-corrected chi connectivity index (χ1v) is 9.18. The Morgan fingerprint density at radius 2 is 1.77 bits per heavy atom. The average molecular weight is 432 g/mol. The summed E-state index contributed by atoms with van der Waals surface area (Å²) in [5.41, 5.74) is 0.435. The lowest BCUT2D eigenvalue weighted by Crippen LogP contribution is -2.07. The van der Waals surface area contributed by atoms with Gasteiger partial charge in [0.25, 0.3) is 5.69 Å². The topological polar surface area (TPSA) is 61.0 Å². The monoisotopic (exact) mass is 431 g/mol. The number of nitrogens with zero attached hydrogens (tertiary/aromatic N) is 3. The van der Waals surface area contributed by atoms with Crippen LogP contribution >= 0.6 is 11.6 Å². The number of fused-ring (bicyclic) bond motifs is 1. The van der Waals surface area contributed by atoms with Crippen LogP contribution in [0.2, 0.25) is 5.02 Å². The van der Waals surface area contributed by atoms with Crippen LogP contribution in [0.4, 0.5) is 18.9 Å². The Morgan fingerprint density at radius 3 is 2.47 bits per heavy atom. The maximum Gasteiger partial charge on any atom is 0.418 e. The van der Waals surface area contributed by atoms with Gasteiger partial charge in [-0.3, -0.25) is 14.8 Å². The van der Waals surface area contributed by atoms with Gasteiger partial charge in [-0.2, -0.15) is 18.3 Å². The van der Waals surface area contributed by atoms with E-state index in [1.165, 1.54) is 28.9 Å². The molecule has 0 bridgehead atoms. The molecule has 1 heterocycles. The lowest BCUT2D eigenvalue weighted by Gasteiger charge is -2.09. The first-order chi connectivity index (χ1) is 14.2. The van der Waals surface area contributed by atoms with Crippen molar-refractivity contribution in [3.63, 3.8) is 0 Å². The molecular weight excluding hydrogens is 419 g/mol. The van der Waals surface area contributed by atoms with E-state index in [4.69, 9.17) is 11.6 Å². The van der Waals surface area contributed by atoms with Crippen LogP contribution in [0.3, 0.4) is 0 Å². The summed E-state index contributed by atoms with van der Waals surface area (Å²) in [5.74, 6) is 0. The number of nitro benzene ring substituents is 1. The number of alkyl halides is 3. The van der Waals surface area contributed by atoms with Crippen LogP contribution < -0.4 is 0 Å². The van der Waals surface area contributed by atoms with Gasteiger partial charge in [-0.25, -0.2) is 0 Å². The molecular formula is C21H13ClF3N3O2. The molecule has 0 radical (unpaired) electrons. The second-order valence-corrected chi connectivity index (χ2v) is 7.08. The Kier molecular flexibility index (Phi) is 4.95. The van der Waals surface area contributed by atoms with Gasteiger partial charge in [0.2, 0.25) is 0 Å². The van der Waals surface area contributed by atoms with Crippen molar-refractivity contribution in [2.75, 3.05) is 0 Å². The van der Waals surface area contributed by atoms with Crippen molar-refractivity contribution < 1.29 is 18.1 Å². The highest BCUT2D eigenvalue weighted by molar-refractivity contribution is 6.30. The molecule has 3 aromatic carbocycles. The highest BCUT2D eigenvalue weighted by Gasteiger charge is 2.34. The molecule has 9 heteroatoms. The minimum absolute atomic E-state index is 0.0511. The van der Waals surface area contributed by atoms with Gasteiger partial charge in [0.15, 0.2) is 0 Å². The molecule has 0 unspecified atom stereocenters. The van der Waals surface area contributed by atoms with E-state index in [0.29, 0.717) is 27.2 Å². The summed E-state index contributed by atoms with van der Waals surface area (Å²) in [4.78, 5) is 10.5. The van der Waals surface area contributed by atoms with Gasteiger partial charge in [-0.1, -0.05) is 48.0 Å². The van der Waals surface area contributed by atoms with Gasteiger partial charge in [0, 0.05) is 28.1 Å². The van der Waals surface area contributed by atoms with E-state index in [-0.39, 0.29) is 17.7 Å². The Hall–Kier alpha value is -3.39. The van der Waals surface area contributed by atoms with Crippen LogP contribution in [-0.4, -0.2) is 14.7 Å². The molecule has 0 aliphatic carbocycles. The van der Waals surface area contributed by atoms with Crippen molar-refractivity contribution in [2.24, 2.45) is 0 Å². The molecule has 0 fully saturated rings. The van der Waals surface area contributed by atoms with E-state index in [2.05, 4.69) is 5.10 Å². The maximum absolute atomic E-state index is 13.5. The fourth-order valence-corrected chi connectivity index (χ4v) is 3.57. The van der Waals surface area contributed by atoms with Crippen molar-refractivity contribution in [1.82, 2.24) is 9.78 Å². The number of nitro groups is 1. The lowest BCUT2D eigenvalue weighted by molar-refractivity contribution is -0.384. The van der Waals surface area contributed by atoms with Crippen molar-refractivity contribution in [3.05, 3.63) is 93.0 Å². The Bertz CT molecular complexity index is 1270. The number of benzene rings is 3. The zero-order valence-electron chi connectivity index (χ0n) is 15.2.